The van der Waals surface area contributed by atoms with Crippen LogP contribution >= 0.6 is 11.3 Å². The van der Waals surface area contributed by atoms with Crippen molar-refractivity contribution in [3.8, 4) is 0 Å². The predicted molar refractivity (Wildman–Crippen MR) is 62.7 cm³/mol. The molecule has 7 heteroatoms. The molecule has 1 aromatic heterocycles. The third-order valence-corrected chi connectivity index (χ3v) is 3.54. The first-order chi connectivity index (χ1) is 8.20. The standard InChI is InChI=1S/C10H10N4O2S/c11-13-12-5-8-1-2-9(17-8)10(16)14-4-3-7(15)6-14/h1-2H,3-6H2. The molecule has 88 valence electrons. The zero-order valence-electron chi connectivity index (χ0n) is 9.00. The van der Waals surface area contributed by atoms with E-state index in [1.807, 2.05) is 0 Å². The third-order valence-electron chi connectivity index (χ3n) is 2.48. The van der Waals surface area contributed by atoms with Gasteiger partial charge in [-0.05, 0) is 17.7 Å². The Kier molecular flexibility index (Phi) is 3.41. The van der Waals surface area contributed by atoms with Gasteiger partial charge in [-0.25, -0.2) is 0 Å². The first-order valence-corrected chi connectivity index (χ1v) is 5.93. The number of amides is 1. The van der Waals surface area contributed by atoms with Gasteiger partial charge in [0.2, 0.25) is 0 Å². The van der Waals surface area contributed by atoms with E-state index in [1.165, 1.54) is 11.3 Å². The monoisotopic (exact) mass is 250 g/mol. The highest BCUT2D eigenvalue weighted by Gasteiger charge is 2.25. The molecule has 1 aliphatic rings. The molecule has 0 atom stereocenters. The second kappa shape index (κ2) is 4.99. The number of ketones is 1. The molecular formula is C10H10N4O2S. The number of rotatable bonds is 3. The van der Waals surface area contributed by atoms with Crippen molar-refractivity contribution in [2.45, 2.75) is 13.0 Å². The van der Waals surface area contributed by atoms with Crippen LogP contribution in [0.3, 0.4) is 0 Å². The fourth-order valence-electron chi connectivity index (χ4n) is 1.64. The Morgan fingerprint density at radius 2 is 2.41 bits per heavy atom. The number of Topliss-reactive ketones (excluding diaryl/α,β-unsaturated/α-hetero) is 1. The third kappa shape index (κ3) is 2.64. The molecule has 1 fully saturated rings. The van der Waals surface area contributed by atoms with Crippen LogP contribution in [0, 0.1) is 0 Å². The molecule has 0 radical (unpaired) electrons. The average Bonchev–Trinajstić information content (AvgIpc) is 2.94. The quantitative estimate of drug-likeness (QED) is 0.466. The summed E-state index contributed by atoms with van der Waals surface area (Å²) in [5.41, 5.74) is 8.20. The van der Waals surface area contributed by atoms with Crippen LogP contribution in [-0.4, -0.2) is 29.7 Å². The van der Waals surface area contributed by atoms with Gasteiger partial charge in [0.15, 0.2) is 5.78 Å². The average molecular weight is 250 g/mol. The molecule has 1 saturated heterocycles. The summed E-state index contributed by atoms with van der Waals surface area (Å²) < 4.78 is 0. The molecule has 0 spiro atoms. The van der Waals surface area contributed by atoms with E-state index in [0.29, 0.717) is 17.8 Å². The number of azide groups is 1. The Morgan fingerprint density at radius 1 is 1.59 bits per heavy atom. The Hall–Kier alpha value is -1.85. The van der Waals surface area contributed by atoms with Crippen molar-refractivity contribution in [3.05, 3.63) is 32.3 Å². The van der Waals surface area contributed by atoms with Gasteiger partial charge in [-0.2, -0.15) is 0 Å². The van der Waals surface area contributed by atoms with Crippen LogP contribution < -0.4 is 0 Å². The van der Waals surface area contributed by atoms with Gasteiger partial charge in [0.1, 0.15) is 0 Å². The molecule has 0 bridgehead atoms. The molecule has 6 nitrogen and oxygen atoms in total. The molecule has 0 aliphatic carbocycles. The minimum Gasteiger partial charge on any atom is -0.330 e. The molecule has 0 aromatic carbocycles. The van der Waals surface area contributed by atoms with E-state index in [2.05, 4.69) is 10.0 Å². The molecule has 17 heavy (non-hydrogen) atoms. The molecule has 0 saturated carbocycles. The van der Waals surface area contributed by atoms with Crippen LogP contribution in [-0.2, 0) is 11.3 Å². The summed E-state index contributed by atoms with van der Waals surface area (Å²) in [4.78, 5) is 28.7. The molecular weight excluding hydrogens is 240 g/mol. The summed E-state index contributed by atoms with van der Waals surface area (Å²) in [5, 5.41) is 3.44. The Morgan fingerprint density at radius 3 is 3.06 bits per heavy atom. The van der Waals surface area contributed by atoms with E-state index in [9.17, 15) is 9.59 Å². The number of hydrogen-bond donors (Lipinski definition) is 0. The number of likely N-dealkylation sites (tertiary alicyclic amines) is 1. The molecule has 1 aromatic rings. The zero-order chi connectivity index (χ0) is 12.3. The summed E-state index contributed by atoms with van der Waals surface area (Å²) in [6.45, 7) is 0.969. The van der Waals surface area contributed by atoms with E-state index >= 15 is 0 Å². The lowest BCUT2D eigenvalue weighted by Crippen LogP contribution is -2.27. The fraction of sp³-hybridized carbons (Fsp3) is 0.400. The van der Waals surface area contributed by atoms with Crippen molar-refractivity contribution in [1.82, 2.24) is 4.90 Å². The molecule has 1 amide bonds. The number of hydrogen-bond acceptors (Lipinski definition) is 4. The van der Waals surface area contributed by atoms with Crippen LogP contribution in [0.25, 0.3) is 10.4 Å². The summed E-state index contributed by atoms with van der Waals surface area (Å²) in [7, 11) is 0. The van der Waals surface area contributed by atoms with E-state index in [4.69, 9.17) is 5.53 Å². The molecule has 1 aliphatic heterocycles. The minimum atomic E-state index is -0.118. The van der Waals surface area contributed by atoms with E-state index in [-0.39, 0.29) is 24.8 Å². The van der Waals surface area contributed by atoms with Gasteiger partial charge in [0, 0.05) is 22.8 Å². The largest absolute Gasteiger partial charge is 0.330 e. The van der Waals surface area contributed by atoms with Gasteiger partial charge in [0.25, 0.3) is 5.91 Å². The first-order valence-electron chi connectivity index (χ1n) is 5.11. The minimum absolute atomic E-state index is 0.101. The number of carbonyl (C=O) groups is 2. The second-order valence-electron chi connectivity index (χ2n) is 3.67. The van der Waals surface area contributed by atoms with Crippen molar-refractivity contribution in [2.75, 3.05) is 13.1 Å². The highest BCUT2D eigenvalue weighted by atomic mass is 32.1. The Bertz CT molecular complexity index is 504. The second-order valence-corrected chi connectivity index (χ2v) is 4.84. The number of carbonyl (C=O) groups excluding carboxylic acids is 2. The zero-order valence-corrected chi connectivity index (χ0v) is 9.81. The van der Waals surface area contributed by atoms with Crippen LogP contribution in [0.15, 0.2) is 17.2 Å². The molecule has 0 unspecified atom stereocenters. The van der Waals surface area contributed by atoms with Crippen LogP contribution in [0.4, 0.5) is 0 Å². The SMILES string of the molecule is [N-]=[N+]=NCc1ccc(C(=O)N2CCC(=O)C2)s1. The van der Waals surface area contributed by atoms with Crippen molar-refractivity contribution in [1.29, 1.82) is 0 Å². The fourth-order valence-corrected chi connectivity index (χ4v) is 2.53. The summed E-state index contributed by atoms with van der Waals surface area (Å²) >= 11 is 1.30. The molecule has 2 rings (SSSR count). The smallest absolute Gasteiger partial charge is 0.264 e. The van der Waals surface area contributed by atoms with Crippen molar-refractivity contribution >= 4 is 23.0 Å². The van der Waals surface area contributed by atoms with Gasteiger partial charge < -0.3 is 4.90 Å². The van der Waals surface area contributed by atoms with Crippen molar-refractivity contribution in [3.63, 3.8) is 0 Å². The predicted octanol–water partition coefficient (Wildman–Crippen LogP) is 1.97. The van der Waals surface area contributed by atoms with Gasteiger partial charge in [-0.1, -0.05) is 5.11 Å². The molecule has 2 heterocycles. The number of nitrogens with zero attached hydrogens (tertiary/aromatic N) is 4. The first kappa shape index (κ1) is 11.6. The summed E-state index contributed by atoms with van der Waals surface area (Å²) in [6.07, 6.45) is 0.447. The maximum Gasteiger partial charge on any atom is 0.264 e. The van der Waals surface area contributed by atoms with Crippen LogP contribution in [0.2, 0.25) is 0 Å². The maximum atomic E-state index is 12.0. The van der Waals surface area contributed by atoms with Gasteiger partial charge in [0.05, 0.1) is 18.0 Å². The van der Waals surface area contributed by atoms with Gasteiger partial charge >= 0.3 is 0 Å². The number of thiophene rings is 1. The highest BCUT2D eigenvalue weighted by molar-refractivity contribution is 7.14. The summed E-state index contributed by atoms with van der Waals surface area (Å²) in [5.74, 6) is -0.0164. The van der Waals surface area contributed by atoms with E-state index < -0.39 is 0 Å². The topological polar surface area (TPSA) is 86.1 Å². The van der Waals surface area contributed by atoms with Crippen LogP contribution in [0.5, 0.6) is 0 Å². The van der Waals surface area contributed by atoms with E-state index in [0.717, 1.165) is 4.88 Å². The van der Waals surface area contributed by atoms with Crippen LogP contribution in [0.1, 0.15) is 21.0 Å². The lowest BCUT2D eigenvalue weighted by atomic mass is 10.4. The lowest BCUT2D eigenvalue weighted by molar-refractivity contribution is -0.116. The summed E-state index contributed by atoms with van der Waals surface area (Å²) in [6, 6.07) is 3.47. The Balaban J connectivity index is 2.06. The van der Waals surface area contributed by atoms with E-state index in [1.54, 1.807) is 17.0 Å². The van der Waals surface area contributed by atoms with Crippen molar-refractivity contribution in [2.24, 2.45) is 5.11 Å². The maximum absolute atomic E-state index is 12.0. The normalized spacial score (nSPS) is 14.8. The van der Waals surface area contributed by atoms with Gasteiger partial charge in [-0.15, -0.1) is 11.3 Å². The van der Waals surface area contributed by atoms with Gasteiger partial charge in [-0.3, -0.25) is 9.59 Å². The lowest BCUT2D eigenvalue weighted by Gasteiger charge is -2.12. The Labute approximate surface area is 101 Å². The van der Waals surface area contributed by atoms with Crippen molar-refractivity contribution < 1.29 is 9.59 Å². The molecule has 0 N–H and O–H groups in total. The highest BCUT2D eigenvalue weighted by Crippen LogP contribution is 2.20.